The molecule has 1 fully saturated rings. The number of benzene rings is 1. The normalized spacial score (nSPS) is 17.6. The van der Waals surface area contributed by atoms with E-state index in [9.17, 15) is 0 Å². The zero-order valence-electron chi connectivity index (χ0n) is 5.99. The van der Waals surface area contributed by atoms with Crippen LogP contribution in [0.1, 0.15) is 0 Å². The van der Waals surface area contributed by atoms with Crippen molar-refractivity contribution in [3.8, 4) is 5.75 Å². The average Bonchev–Trinajstić information content (AvgIpc) is 2.86. The van der Waals surface area contributed by atoms with E-state index in [1.165, 1.54) is 0 Å². The molecule has 1 aromatic carbocycles. The van der Waals surface area contributed by atoms with Crippen molar-refractivity contribution in [2.24, 2.45) is 0 Å². The maximum atomic E-state index is 5.24. The highest BCUT2D eigenvalue weighted by atomic mass is 16.6. The van der Waals surface area contributed by atoms with Gasteiger partial charge in [-0.15, -0.1) is 0 Å². The van der Waals surface area contributed by atoms with E-state index in [4.69, 9.17) is 9.47 Å². The molecule has 1 saturated heterocycles. The van der Waals surface area contributed by atoms with Crippen LogP contribution in [0.15, 0.2) is 42.4 Å². The lowest BCUT2D eigenvalue weighted by atomic mass is 10.3. The van der Waals surface area contributed by atoms with Gasteiger partial charge in [0.05, 0.1) is 0 Å². The predicted octanol–water partition coefficient (Wildman–Crippen LogP) is 1.94. The van der Waals surface area contributed by atoms with Gasteiger partial charge in [0.25, 0.3) is 0 Å². The molecular weight excluding hydrogens is 140 g/mol. The lowest BCUT2D eigenvalue weighted by molar-refractivity contribution is 0.450. The van der Waals surface area contributed by atoms with Crippen LogP contribution >= 0.6 is 0 Å². The summed E-state index contributed by atoms with van der Waals surface area (Å²) in [7, 11) is 0. The van der Waals surface area contributed by atoms with E-state index in [0.29, 0.717) is 6.61 Å². The maximum absolute atomic E-state index is 5.24. The quantitative estimate of drug-likeness (QED) is 0.472. The Balaban J connectivity index is 2.01. The maximum Gasteiger partial charge on any atom is 0.169 e. The lowest BCUT2D eigenvalue weighted by Crippen LogP contribution is -1.79. The van der Waals surface area contributed by atoms with E-state index in [-0.39, 0.29) is 0 Å². The first-order valence-electron chi connectivity index (χ1n) is 3.49. The van der Waals surface area contributed by atoms with E-state index < -0.39 is 0 Å². The summed E-state index contributed by atoms with van der Waals surface area (Å²) in [4.78, 5) is 0. The van der Waals surface area contributed by atoms with Gasteiger partial charge in [0.15, 0.2) is 5.76 Å². The second-order valence-electron chi connectivity index (χ2n) is 2.30. The van der Waals surface area contributed by atoms with Gasteiger partial charge in [0.2, 0.25) is 0 Å². The van der Waals surface area contributed by atoms with Gasteiger partial charge >= 0.3 is 0 Å². The average molecular weight is 148 g/mol. The molecule has 56 valence electrons. The SMILES string of the molecule is C(Oc1ccccc1)=C1CO1. The third-order valence-electron chi connectivity index (χ3n) is 1.38. The smallest absolute Gasteiger partial charge is 0.169 e. The molecule has 2 nitrogen and oxygen atoms in total. The summed E-state index contributed by atoms with van der Waals surface area (Å²) in [6, 6.07) is 9.62. The minimum absolute atomic E-state index is 0.715. The standard InChI is InChI=1S/C9H8O2/c1-2-4-8(5-3-1)10-6-9-7-11-9/h1-6H,7H2. The summed E-state index contributed by atoms with van der Waals surface area (Å²) in [5.41, 5.74) is 0. The predicted molar refractivity (Wildman–Crippen MR) is 41.1 cm³/mol. The van der Waals surface area contributed by atoms with Crippen LogP contribution in [0.25, 0.3) is 0 Å². The Morgan fingerprint density at radius 2 is 2.00 bits per heavy atom. The van der Waals surface area contributed by atoms with E-state index in [0.717, 1.165) is 11.5 Å². The summed E-state index contributed by atoms with van der Waals surface area (Å²) in [5, 5.41) is 0. The molecule has 0 aliphatic carbocycles. The zero-order chi connectivity index (χ0) is 7.52. The second-order valence-corrected chi connectivity index (χ2v) is 2.30. The van der Waals surface area contributed by atoms with E-state index in [1.807, 2.05) is 30.3 Å². The molecule has 1 aromatic rings. The van der Waals surface area contributed by atoms with Crippen LogP contribution in [0.5, 0.6) is 5.75 Å². The van der Waals surface area contributed by atoms with E-state index >= 15 is 0 Å². The van der Waals surface area contributed by atoms with Crippen LogP contribution in [-0.2, 0) is 4.74 Å². The monoisotopic (exact) mass is 148 g/mol. The highest BCUT2D eigenvalue weighted by Gasteiger charge is 2.12. The number of hydrogen-bond donors (Lipinski definition) is 0. The van der Waals surface area contributed by atoms with Gasteiger partial charge in [-0.25, -0.2) is 0 Å². The minimum atomic E-state index is 0.715. The van der Waals surface area contributed by atoms with Crippen molar-refractivity contribution in [3.63, 3.8) is 0 Å². The van der Waals surface area contributed by atoms with Gasteiger partial charge in [-0.05, 0) is 12.1 Å². The molecule has 0 spiro atoms. The van der Waals surface area contributed by atoms with Gasteiger partial charge in [0, 0.05) is 0 Å². The van der Waals surface area contributed by atoms with Crippen LogP contribution in [0.4, 0.5) is 0 Å². The Labute approximate surface area is 65.1 Å². The second kappa shape index (κ2) is 2.66. The first-order valence-corrected chi connectivity index (χ1v) is 3.49. The summed E-state index contributed by atoms with van der Waals surface area (Å²) in [5.74, 6) is 1.75. The summed E-state index contributed by atoms with van der Waals surface area (Å²) in [6.07, 6.45) is 1.63. The highest BCUT2D eigenvalue weighted by Crippen LogP contribution is 2.16. The van der Waals surface area contributed by atoms with Crippen LogP contribution < -0.4 is 4.74 Å². The Morgan fingerprint density at radius 3 is 2.64 bits per heavy atom. The fourth-order valence-electron chi connectivity index (χ4n) is 0.743. The van der Waals surface area contributed by atoms with Crippen LogP contribution in [-0.4, -0.2) is 6.61 Å². The first-order chi connectivity index (χ1) is 5.45. The molecule has 0 radical (unpaired) electrons. The molecule has 1 heterocycles. The van der Waals surface area contributed by atoms with E-state index in [1.54, 1.807) is 6.26 Å². The molecule has 0 bridgehead atoms. The van der Waals surface area contributed by atoms with Crippen molar-refractivity contribution in [1.82, 2.24) is 0 Å². The van der Waals surface area contributed by atoms with E-state index in [2.05, 4.69) is 0 Å². The van der Waals surface area contributed by atoms with Gasteiger partial charge in [-0.1, -0.05) is 18.2 Å². The van der Waals surface area contributed by atoms with Crippen molar-refractivity contribution >= 4 is 0 Å². The number of epoxide rings is 1. The van der Waals surface area contributed by atoms with Crippen LogP contribution in [0.3, 0.4) is 0 Å². The molecule has 1 aliphatic rings. The number of para-hydroxylation sites is 1. The summed E-state index contributed by atoms with van der Waals surface area (Å²) >= 11 is 0. The van der Waals surface area contributed by atoms with Gasteiger partial charge in [-0.2, -0.15) is 0 Å². The van der Waals surface area contributed by atoms with Gasteiger partial charge in [-0.3, -0.25) is 0 Å². The van der Waals surface area contributed by atoms with Crippen molar-refractivity contribution in [2.75, 3.05) is 6.61 Å². The van der Waals surface area contributed by atoms with Crippen molar-refractivity contribution in [3.05, 3.63) is 42.4 Å². The zero-order valence-corrected chi connectivity index (χ0v) is 5.99. The molecule has 2 heteroatoms. The summed E-state index contributed by atoms with van der Waals surface area (Å²) < 4.78 is 10.1. The molecule has 2 rings (SSSR count). The molecule has 0 aromatic heterocycles. The number of ether oxygens (including phenoxy) is 2. The fourth-order valence-corrected chi connectivity index (χ4v) is 0.743. The van der Waals surface area contributed by atoms with Gasteiger partial charge in [0.1, 0.15) is 18.6 Å². The third kappa shape index (κ3) is 1.74. The van der Waals surface area contributed by atoms with Crippen LogP contribution in [0.2, 0.25) is 0 Å². The Kier molecular flexibility index (Phi) is 1.52. The molecule has 1 aliphatic heterocycles. The minimum Gasteiger partial charge on any atom is -0.483 e. The molecule has 0 amide bonds. The fraction of sp³-hybridized carbons (Fsp3) is 0.111. The number of hydrogen-bond acceptors (Lipinski definition) is 2. The van der Waals surface area contributed by atoms with Crippen molar-refractivity contribution < 1.29 is 9.47 Å². The topological polar surface area (TPSA) is 21.8 Å². The largest absolute Gasteiger partial charge is 0.483 e. The number of rotatable bonds is 2. The molecule has 0 unspecified atom stereocenters. The van der Waals surface area contributed by atoms with Crippen molar-refractivity contribution in [1.29, 1.82) is 0 Å². The molecule has 0 saturated carbocycles. The summed E-state index contributed by atoms with van der Waals surface area (Å²) in [6.45, 7) is 0.715. The molecular formula is C9H8O2. The molecule has 0 atom stereocenters. The highest BCUT2D eigenvalue weighted by molar-refractivity contribution is 5.22. The Morgan fingerprint density at radius 1 is 1.27 bits per heavy atom. The first kappa shape index (κ1) is 6.28. The Hall–Kier alpha value is -1.44. The molecule has 11 heavy (non-hydrogen) atoms. The van der Waals surface area contributed by atoms with Crippen molar-refractivity contribution in [2.45, 2.75) is 0 Å². The van der Waals surface area contributed by atoms with Gasteiger partial charge < -0.3 is 9.47 Å². The lowest BCUT2D eigenvalue weighted by Gasteiger charge is -1.95. The third-order valence-corrected chi connectivity index (χ3v) is 1.38. The Bertz CT molecular complexity index is 258. The van der Waals surface area contributed by atoms with Crippen LogP contribution in [0, 0.1) is 0 Å². The molecule has 0 N–H and O–H groups in total.